The third-order valence-corrected chi connectivity index (χ3v) is 3.84. The number of halogens is 3. The zero-order valence-corrected chi connectivity index (χ0v) is 12.9. The second kappa shape index (κ2) is 6.42. The molecule has 1 N–H and O–H groups in total. The SMILES string of the molecule is O=C(Cc1ccccc1Br)Nc1ccc(Cl)cc1Cl. The molecule has 0 aliphatic carbocycles. The topological polar surface area (TPSA) is 29.1 Å². The van der Waals surface area contributed by atoms with Gasteiger partial charge in [-0.3, -0.25) is 4.79 Å². The predicted molar refractivity (Wildman–Crippen MR) is 82.9 cm³/mol. The molecule has 19 heavy (non-hydrogen) atoms. The van der Waals surface area contributed by atoms with Gasteiger partial charge in [-0.25, -0.2) is 0 Å². The van der Waals surface area contributed by atoms with Crippen molar-refractivity contribution in [2.75, 3.05) is 5.32 Å². The Balaban J connectivity index is 2.08. The third-order valence-electron chi connectivity index (χ3n) is 2.51. The number of anilines is 1. The molecule has 0 bridgehead atoms. The summed E-state index contributed by atoms with van der Waals surface area (Å²) in [6, 6.07) is 12.6. The first-order valence-corrected chi connectivity index (χ1v) is 7.09. The van der Waals surface area contributed by atoms with Crippen molar-refractivity contribution >= 4 is 50.7 Å². The van der Waals surface area contributed by atoms with Crippen LogP contribution in [0.5, 0.6) is 0 Å². The summed E-state index contributed by atoms with van der Waals surface area (Å²) in [7, 11) is 0. The quantitative estimate of drug-likeness (QED) is 0.827. The van der Waals surface area contributed by atoms with Crippen LogP contribution in [-0.2, 0) is 11.2 Å². The van der Waals surface area contributed by atoms with Crippen LogP contribution < -0.4 is 5.32 Å². The summed E-state index contributed by atoms with van der Waals surface area (Å²) in [6.45, 7) is 0. The highest BCUT2D eigenvalue weighted by atomic mass is 79.9. The van der Waals surface area contributed by atoms with Gasteiger partial charge in [0.15, 0.2) is 0 Å². The lowest BCUT2D eigenvalue weighted by Gasteiger charge is -2.08. The molecule has 5 heteroatoms. The van der Waals surface area contributed by atoms with Crippen LogP contribution in [-0.4, -0.2) is 5.91 Å². The standard InChI is InChI=1S/C14H10BrCl2NO/c15-11-4-2-1-3-9(11)7-14(19)18-13-6-5-10(16)8-12(13)17/h1-6,8H,7H2,(H,18,19). The molecule has 0 saturated carbocycles. The minimum Gasteiger partial charge on any atom is -0.324 e. The number of nitrogens with one attached hydrogen (secondary N) is 1. The van der Waals surface area contributed by atoms with Gasteiger partial charge >= 0.3 is 0 Å². The molecule has 0 fully saturated rings. The van der Waals surface area contributed by atoms with Crippen LogP contribution in [0.4, 0.5) is 5.69 Å². The monoisotopic (exact) mass is 357 g/mol. The molecule has 1 amide bonds. The maximum atomic E-state index is 11.9. The van der Waals surface area contributed by atoms with E-state index in [9.17, 15) is 4.79 Å². The normalized spacial score (nSPS) is 10.3. The van der Waals surface area contributed by atoms with Crippen LogP contribution in [0.1, 0.15) is 5.56 Å². The van der Waals surface area contributed by atoms with Crippen molar-refractivity contribution in [2.45, 2.75) is 6.42 Å². The molecule has 2 aromatic carbocycles. The summed E-state index contributed by atoms with van der Waals surface area (Å²) in [6.07, 6.45) is 0.278. The molecule has 0 aromatic heterocycles. The minimum absolute atomic E-state index is 0.129. The number of carbonyl (C=O) groups is 1. The van der Waals surface area contributed by atoms with E-state index < -0.39 is 0 Å². The van der Waals surface area contributed by atoms with Gasteiger partial charge in [0.2, 0.25) is 5.91 Å². The van der Waals surface area contributed by atoms with Crippen LogP contribution in [0.15, 0.2) is 46.9 Å². The summed E-state index contributed by atoms with van der Waals surface area (Å²) in [4.78, 5) is 11.9. The molecule has 2 nitrogen and oxygen atoms in total. The predicted octanol–water partition coefficient (Wildman–Crippen LogP) is 4.94. The van der Waals surface area contributed by atoms with E-state index in [2.05, 4.69) is 21.2 Å². The molecule has 0 aliphatic rings. The largest absolute Gasteiger partial charge is 0.324 e. The number of carbonyl (C=O) groups excluding carboxylic acids is 1. The van der Waals surface area contributed by atoms with E-state index in [1.54, 1.807) is 18.2 Å². The minimum atomic E-state index is -0.129. The summed E-state index contributed by atoms with van der Waals surface area (Å²) < 4.78 is 0.910. The van der Waals surface area contributed by atoms with E-state index in [0.717, 1.165) is 10.0 Å². The summed E-state index contributed by atoms with van der Waals surface area (Å²) in [5.41, 5.74) is 1.48. The van der Waals surface area contributed by atoms with E-state index in [0.29, 0.717) is 15.7 Å². The van der Waals surface area contributed by atoms with E-state index >= 15 is 0 Å². The second-order valence-corrected chi connectivity index (χ2v) is 5.64. The Hall–Kier alpha value is -1.03. The highest BCUT2D eigenvalue weighted by molar-refractivity contribution is 9.10. The molecule has 0 spiro atoms. The first-order chi connectivity index (χ1) is 9.06. The molecular weight excluding hydrogens is 349 g/mol. The van der Waals surface area contributed by atoms with Crippen molar-refractivity contribution in [3.05, 3.63) is 62.5 Å². The highest BCUT2D eigenvalue weighted by Gasteiger charge is 2.09. The first kappa shape index (κ1) is 14.4. The molecule has 98 valence electrons. The number of rotatable bonds is 3. The van der Waals surface area contributed by atoms with Crippen LogP contribution in [0.25, 0.3) is 0 Å². The third kappa shape index (κ3) is 3.96. The van der Waals surface area contributed by atoms with Crippen LogP contribution in [0.2, 0.25) is 10.0 Å². The first-order valence-electron chi connectivity index (χ1n) is 5.54. The zero-order chi connectivity index (χ0) is 13.8. The average molecular weight is 359 g/mol. The van der Waals surface area contributed by atoms with Crippen LogP contribution >= 0.6 is 39.1 Å². The van der Waals surface area contributed by atoms with Gasteiger partial charge in [0.05, 0.1) is 17.1 Å². The molecule has 0 atom stereocenters. The lowest BCUT2D eigenvalue weighted by Crippen LogP contribution is -2.14. The molecule has 0 unspecified atom stereocenters. The van der Waals surface area contributed by atoms with Gasteiger partial charge in [0, 0.05) is 9.50 Å². The van der Waals surface area contributed by atoms with Gasteiger partial charge in [-0.05, 0) is 29.8 Å². The van der Waals surface area contributed by atoms with Crippen molar-refractivity contribution in [1.82, 2.24) is 0 Å². The number of hydrogen-bond acceptors (Lipinski definition) is 1. The Morgan fingerprint density at radius 3 is 2.58 bits per heavy atom. The van der Waals surface area contributed by atoms with Gasteiger partial charge < -0.3 is 5.32 Å². The van der Waals surface area contributed by atoms with E-state index in [4.69, 9.17) is 23.2 Å². The maximum Gasteiger partial charge on any atom is 0.228 e. The average Bonchev–Trinajstić information content (AvgIpc) is 2.36. The molecule has 0 aliphatic heterocycles. The summed E-state index contributed by atoms with van der Waals surface area (Å²) in [5, 5.41) is 3.72. The van der Waals surface area contributed by atoms with Gasteiger partial charge in [-0.1, -0.05) is 57.3 Å². The van der Waals surface area contributed by atoms with Gasteiger partial charge in [-0.15, -0.1) is 0 Å². The molecule has 0 radical (unpaired) electrons. The fraction of sp³-hybridized carbons (Fsp3) is 0.0714. The number of amides is 1. The Labute approximate surface area is 129 Å². The van der Waals surface area contributed by atoms with Crippen molar-refractivity contribution in [3.63, 3.8) is 0 Å². The highest BCUT2D eigenvalue weighted by Crippen LogP contribution is 2.25. The van der Waals surface area contributed by atoms with Gasteiger partial charge in [-0.2, -0.15) is 0 Å². The number of benzene rings is 2. The smallest absolute Gasteiger partial charge is 0.228 e. The fourth-order valence-corrected chi connectivity index (χ4v) is 2.48. The summed E-state index contributed by atoms with van der Waals surface area (Å²) in [5.74, 6) is -0.129. The summed E-state index contributed by atoms with van der Waals surface area (Å²) >= 11 is 15.2. The van der Waals surface area contributed by atoms with Crippen molar-refractivity contribution in [2.24, 2.45) is 0 Å². The zero-order valence-electron chi connectivity index (χ0n) is 9.79. The number of hydrogen-bond donors (Lipinski definition) is 1. The molecular formula is C14H10BrCl2NO. The van der Waals surface area contributed by atoms with E-state index in [-0.39, 0.29) is 12.3 Å². The van der Waals surface area contributed by atoms with Crippen molar-refractivity contribution < 1.29 is 4.79 Å². The lowest BCUT2D eigenvalue weighted by atomic mass is 10.1. The fourth-order valence-electron chi connectivity index (χ4n) is 1.60. The lowest BCUT2D eigenvalue weighted by molar-refractivity contribution is -0.115. The van der Waals surface area contributed by atoms with Crippen molar-refractivity contribution in [1.29, 1.82) is 0 Å². The van der Waals surface area contributed by atoms with Gasteiger partial charge in [0.25, 0.3) is 0 Å². The van der Waals surface area contributed by atoms with Crippen LogP contribution in [0, 0.1) is 0 Å². The second-order valence-electron chi connectivity index (χ2n) is 3.94. The van der Waals surface area contributed by atoms with E-state index in [1.807, 2.05) is 24.3 Å². The maximum absolute atomic E-state index is 11.9. The Morgan fingerprint density at radius 2 is 1.89 bits per heavy atom. The molecule has 0 heterocycles. The molecule has 2 rings (SSSR count). The molecule has 2 aromatic rings. The molecule has 0 saturated heterocycles. The Bertz CT molecular complexity index is 616. The van der Waals surface area contributed by atoms with Crippen LogP contribution in [0.3, 0.4) is 0 Å². The van der Waals surface area contributed by atoms with Crippen molar-refractivity contribution in [3.8, 4) is 0 Å². The Morgan fingerprint density at radius 1 is 1.16 bits per heavy atom. The Kier molecular flexibility index (Phi) is 4.86. The van der Waals surface area contributed by atoms with E-state index in [1.165, 1.54) is 0 Å². The van der Waals surface area contributed by atoms with Gasteiger partial charge in [0.1, 0.15) is 0 Å².